The molecule has 3 aliphatic rings. The maximum Gasteiger partial charge on any atom is 0.103 e. The number of hydrogen-bond donors (Lipinski definition) is 0. The van der Waals surface area contributed by atoms with Crippen molar-refractivity contribution in [3.8, 4) is 0 Å². The summed E-state index contributed by atoms with van der Waals surface area (Å²) in [6.45, 7) is 6.85. The van der Waals surface area contributed by atoms with Crippen LogP contribution in [-0.4, -0.2) is 6.17 Å². The van der Waals surface area contributed by atoms with Gasteiger partial charge in [0.25, 0.3) is 0 Å². The van der Waals surface area contributed by atoms with Gasteiger partial charge in [-0.1, -0.05) is 45.3 Å². The Balaban J connectivity index is 1.57. The highest BCUT2D eigenvalue weighted by Gasteiger charge is 2.36. The summed E-state index contributed by atoms with van der Waals surface area (Å²) < 4.78 is 14.1. The van der Waals surface area contributed by atoms with E-state index in [1.807, 2.05) is 0 Å². The van der Waals surface area contributed by atoms with Crippen LogP contribution >= 0.6 is 0 Å². The van der Waals surface area contributed by atoms with Gasteiger partial charge in [-0.2, -0.15) is 0 Å². The predicted molar refractivity (Wildman–Crippen MR) is 92.5 cm³/mol. The van der Waals surface area contributed by atoms with Crippen LogP contribution in [0.15, 0.2) is 11.6 Å². The molecule has 1 heteroatoms. The standard InChI is InChI=1S/C21H35F/c1-14-4-6-17(7-5-14)18-8-10-19(11-9-18)20-13-21(22)16(3)12-15(20)2/h10,14-18,20-21H,4-9,11-13H2,1-3H3. The SMILES string of the molecule is CC1CCC(C2CC=C(C3CC(F)C(C)CC3C)CC2)CC1. The van der Waals surface area contributed by atoms with E-state index in [4.69, 9.17) is 0 Å². The molecule has 2 fully saturated rings. The topological polar surface area (TPSA) is 0 Å². The maximum atomic E-state index is 14.1. The van der Waals surface area contributed by atoms with E-state index in [2.05, 4.69) is 26.8 Å². The van der Waals surface area contributed by atoms with Crippen molar-refractivity contribution in [3.05, 3.63) is 11.6 Å². The Bertz CT molecular complexity index is 391. The molecule has 0 nitrogen and oxygen atoms in total. The summed E-state index contributed by atoms with van der Waals surface area (Å²) in [6.07, 6.45) is 13.6. The fourth-order valence-electron chi connectivity index (χ4n) is 5.52. The molecule has 126 valence electrons. The summed E-state index contributed by atoms with van der Waals surface area (Å²) in [5.74, 6) is 4.35. The second-order valence-electron chi connectivity index (χ2n) is 8.88. The number of rotatable bonds is 2. The molecule has 0 heterocycles. The molecular formula is C21H35F. The second-order valence-corrected chi connectivity index (χ2v) is 8.88. The lowest BCUT2D eigenvalue weighted by atomic mass is 9.66. The monoisotopic (exact) mass is 306 g/mol. The number of allylic oxidation sites excluding steroid dienone is 2. The van der Waals surface area contributed by atoms with Gasteiger partial charge >= 0.3 is 0 Å². The van der Waals surface area contributed by atoms with Crippen LogP contribution in [0.3, 0.4) is 0 Å². The third-order valence-electron chi connectivity index (χ3n) is 7.22. The van der Waals surface area contributed by atoms with Crippen LogP contribution in [0.25, 0.3) is 0 Å². The molecule has 0 spiro atoms. The molecule has 0 amide bonds. The smallest absolute Gasteiger partial charge is 0.103 e. The van der Waals surface area contributed by atoms with Crippen molar-refractivity contribution < 1.29 is 4.39 Å². The quantitative estimate of drug-likeness (QED) is 0.507. The Hall–Kier alpha value is -0.330. The van der Waals surface area contributed by atoms with Crippen LogP contribution in [0.4, 0.5) is 4.39 Å². The molecule has 0 aromatic heterocycles. The molecule has 0 aliphatic heterocycles. The number of alkyl halides is 1. The van der Waals surface area contributed by atoms with Crippen LogP contribution in [0.1, 0.15) is 78.6 Å². The zero-order valence-electron chi connectivity index (χ0n) is 14.9. The lowest BCUT2D eigenvalue weighted by Crippen LogP contribution is -2.32. The van der Waals surface area contributed by atoms with E-state index in [1.165, 1.54) is 44.9 Å². The molecule has 0 saturated heterocycles. The number of halogens is 1. The molecule has 0 aromatic carbocycles. The van der Waals surface area contributed by atoms with Crippen molar-refractivity contribution in [2.45, 2.75) is 84.7 Å². The fourth-order valence-corrected chi connectivity index (χ4v) is 5.52. The average molecular weight is 307 g/mol. The van der Waals surface area contributed by atoms with Gasteiger partial charge in [-0.15, -0.1) is 0 Å². The van der Waals surface area contributed by atoms with Gasteiger partial charge in [-0.3, -0.25) is 0 Å². The van der Waals surface area contributed by atoms with Gasteiger partial charge in [0, 0.05) is 0 Å². The lowest BCUT2D eigenvalue weighted by molar-refractivity contribution is 0.106. The van der Waals surface area contributed by atoms with E-state index < -0.39 is 6.17 Å². The highest BCUT2D eigenvalue weighted by Crippen LogP contribution is 2.45. The minimum atomic E-state index is -0.570. The molecule has 0 bridgehead atoms. The molecule has 22 heavy (non-hydrogen) atoms. The fraction of sp³-hybridized carbons (Fsp3) is 0.905. The zero-order chi connectivity index (χ0) is 15.7. The molecule has 5 unspecified atom stereocenters. The lowest BCUT2D eigenvalue weighted by Gasteiger charge is -2.40. The predicted octanol–water partition coefficient (Wildman–Crippen LogP) is 6.56. The van der Waals surface area contributed by atoms with E-state index >= 15 is 0 Å². The van der Waals surface area contributed by atoms with Crippen molar-refractivity contribution >= 4 is 0 Å². The van der Waals surface area contributed by atoms with Crippen LogP contribution in [0, 0.1) is 35.5 Å². The average Bonchev–Trinajstić information content (AvgIpc) is 2.52. The minimum Gasteiger partial charge on any atom is -0.247 e. The zero-order valence-corrected chi connectivity index (χ0v) is 14.9. The Morgan fingerprint density at radius 1 is 0.864 bits per heavy atom. The summed E-state index contributed by atoms with van der Waals surface area (Å²) in [5.41, 5.74) is 1.61. The molecule has 0 radical (unpaired) electrons. The molecule has 0 aromatic rings. The number of hydrogen-bond acceptors (Lipinski definition) is 0. The van der Waals surface area contributed by atoms with E-state index in [0.29, 0.717) is 11.8 Å². The molecule has 0 N–H and O–H groups in total. The molecular weight excluding hydrogens is 271 g/mol. The van der Waals surface area contributed by atoms with E-state index in [1.54, 1.807) is 5.57 Å². The Morgan fingerprint density at radius 2 is 1.59 bits per heavy atom. The molecule has 2 saturated carbocycles. The van der Waals surface area contributed by atoms with Gasteiger partial charge in [0.05, 0.1) is 0 Å². The van der Waals surface area contributed by atoms with Gasteiger partial charge in [0.15, 0.2) is 0 Å². The van der Waals surface area contributed by atoms with E-state index in [-0.39, 0.29) is 5.92 Å². The van der Waals surface area contributed by atoms with Crippen molar-refractivity contribution in [3.63, 3.8) is 0 Å². The van der Waals surface area contributed by atoms with Crippen LogP contribution < -0.4 is 0 Å². The van der Waals surface area contributed by atoms with Crippen molar-refractivity contribution in [2.24, 2.45) is 35.5 Å². The van der Waals surface area contributed by atoms with Gasteiger partial charge in [-0.05, 0) is 80.5 Å². The van der Waals surface area contributed by atoms with E-state index in [9.17, 15) is 4.39 Å². The first-order valence-electron chi connectivity index (χ1n) is 9.87. The third-order valence-corrected chi connectivity index (χ3v) is 7.22. The minimum absolute atomic E-state index is 0.271. The highest BCUT2D eigenvalue weighted by atomic mass is 19.1. The first-order valence-corrected chi connectivity index (χ1v) is 9.87. The summed E-state index contributed by atoms with van der Waals surface area (Å²) >= 11 is 0. The van der Waals surface area contributed by atoms with Crippen molar-refractivity contribution in [1.82, 2.24) is 0 Å². The highest BCUT2D eigenvalue weighted by molar-refractivity contribution is 5.14. The van der Waals surface area contributed by atoms with Crippen LogP contribution in [0.5, 0.6) is 0 Å². The van der Waals surface area contributed by atoms with Gasteiger partial charge in [-0.25, -0.2) is 4.39 Å². The summed E-state index contributed by atoms with van der Waals surface area (Å²) in [4.78, 5) is 0. The maximum absolute atomic E-state index is 14.1. The molecule has 5 atom stereocenters. The Kier molecular flexibility index (Phi) is 5.30. The van der Waals surface area contributed by atoms with Crippen LogP contribution in [0.2, 0.25) is 0 Å². The normalized spacial score (nSPS) is 47.1. The molecule has 3 rings (SSSR count). The summed E-state index contributed by atoms with van der Waals surface area (Å²) in [6, 6.07) is 0. The summed E-state index contributed by atoms with van der Waals surface area (Å²) in [5, 5.41) is 0. The first-order chi connectivity index (χ1) is 10.5. The largest absolute Gasteiger partial charge is 0.247 e. The third kappa shape index (κ3) is 3.60. The van der Waals surface area contributed by atoms with Crippen molar-refractivity contribution in [2.75, 3.05) is 0 Å². The van der Waals surface area contributed by atoms with Gasteiger partial charge in [0.1, 0.15) is 6.17 Å². The summed E-state index contributed by atoms with van der Waals surface area (Å²) in [7, 11) is 0. The first kappa shape index (κ1) is 16.5. The van der Waals surface area contributed by atoms with Crippen molar-refractivity contribution in [1.29, 1.82) is 0 Å². The van der Waals surface area contributed by atoms with Gasteiger partial charge in [0.2, 0.25) is 0 Å². The second kappa shape index (κ2) is 7.05. The Labute approximate surface area is 136 Å². The van der Waals surface area contributed by atoms with Crippen LogP contribution in [-0.2, 0) is 0 Å². The van der Waals surface area contributed by atoms with Gasteiger partial charge < -0.3 is 0 Å². The van der Waals surface area contributed by atoms with E-state index in [0.717, 1.165) is 30.6 Å². The molecule has 3 aliphatic carbocycles. The Morgan fingerprint density at radius 3 is 2.23 bits per heavy atom.